The molecule has 0 aliphatic carbocycles. The number of nitrogen functional groups attached to an aromatic ring is 1. The Labute approximate surface area is 113 Å². The van der Waals surface area contributed by atoms with Gasteiger partial charge in [-0.2, -0.15) is 5.10 Å². The summed E-state index contributed by atoms with van der Waals surface area (Å²) in [4.78, 5) is 11.8. The molecule has 2 rings (SSSR count). The summed E-state index contributed by atoms with van der Waals surface area (Å²) in [5.74, 6) is 0.235. The molecule has 5 nitrogen and oxygen atoms in total. The van der Waals surface area contributed by atoms with Crippen molar-refractivity contribution in [2.75, 3.05) is 11.1 Å². The number of halogens is 1. The molecule has 1 amide bonds. The Morgan fingerprint density at radius 1 is 1.56 bits per heavy atom. The lowest BCUT2D eigenvalue weighted by molar-refractivity contribution is -0.115. The van der Waals surface area contributed by atoms with Crippen LogP contribution in [-0.2, 0) is 11.2 Å². The van der Waals surface area contributed by atoms with Gasteiger partial charge >= 0.3 is 0 Å². The van der Waals surface area contributed by atoms with E-state index in [0.717, 1.165) is 15.7 Å². The molecule has 1 heterocycles. The van der Waals surface area contributed by atoms with Crippen LogP contribution < -0.4 is 11.1 Å². The van der Waals surface area contributed by atoms with Gasteiger partial charge in [-0.15, -0.1) is 0 Å². The molecule has 0 saturated heterocycles. The number of hydrogen-bond acceptors (Lipinski definition) is 3. The topological polar surface area (TPSA) is 83.8 Å². The molecule has 2 aromatic rings. The molecule has 0 aliphatic rings. The molecular weight excluding hydrogens is 296 g/mol. The van der Waals surface area contributed by atoms with E-state index in [9.17, 15) is 4.79 Å². The molecule has 18 heavy (non-hydrogen) atoms. The minimum Gasteiger partial charge on any atom is -0.394 e. The van der Waals surface area contributed by atoms with Crippen LogP contribution >= 0.6 is 15.9 Å². The minimum atomic E-state index is -0.147. The summed E-state index contributed by atoms with van der Waals surface area (Å²) >= 11 is 3.36. The number of amides is 1. The second kappa shape index (κ2) is 5.22. The number of hydrogen-bond donors (Lipinski definition) is 3. The third-order valence-corrected chi connectivity index (χ3v) is 3.00. The van der Waals surface area contributed by atoms with Crippen LogP contribution in [0.15, 0.2) is 28.7 Å². The molecule has 0 saturated carbocycles. The highest BCUT2D eigenvalue weighted by atomic mass is 79.9. The molecule has 0 radical (unpaired) electrons. The number of nitrogens with two attached hydrogens (primary N) is 1. The number of benzene rings is 1. The van der Waals surface area contributed by atoms with Gasteiger partial charge in [0, 0.05) is 4.47 Å². The van der Waals surface area contributed by atoms with Crippen molar-refractivity contribution in [3.05, 3.63) is 40.0 Å². The zero-order valence-corrected chi connectivity index (χ0v) is 11.4. The maximum absolute atomic E-state index is 11.8. The number of nitrogens with one attached hydrogen (secondary N) is 2. The predicted octanol–water partition coefficient (Wildman–Crippen LogP) is 2.24. The Hall–Kier alpha value is -1.82. The van der Waals surface area contributed by atoms with Crippen molar-refractivity contribution in [3.63, 3.8) is 0 Å². The fourth-order valence-corrected chi connectivity index (χ4v) is 1.99. The Morgan fingerprint density at radius 2 is 2.33 bits per heavy atom. The zero-order valence-electron chi connectivity index (χ0n) is 9.83. The molecule has 6 heteroatoms. The smallest absolute Gasteiger partial charge is 0.230 e. The maximum atomic E-state index is 11.8. The fourth-order valence-electron chi connectivity index (χ4n) is 1.54. The van der Waals surface area contributed by atoms with Crippen molar-refractivity contribution in [3.8, 4) is 0 Å². The molecule has 1 aromatic heterocycles. The van der Waals surface area contributed by atoms with Crippen LogP contribution in [0, 0.1) is 6.92 Å². The Bertz CT molecular complexity index is 579. The molecule has 94 valence electrons. The SMILES string of the molecule is Cc1[nH]nc(NC(=O)Cc2cccc(Br)c2)c1N. The van der Waals surface area contributed by atoms with Gasteiger partial charge in [0.1, 0.15) is 0 Å². The average Bonchev–Trinajstić information content (AvgIpc) is 2.61. The average molecular weight is 309 g/mol. The van der Waals surface area contributed by atoms with Crippen LogP contribution in [-0.4, -0.2) is 16.1 Å². The van der Waals surface area contributed by atoms with Crippen LogP contribution in [0.1, 0.15) is 11.3 Å². The number of H-pyrrole nitrogens is 1. The first-order valence-corrected chi connectivity index (χ1v) is 6.20. The number of aryl methyl sites for hydroxylation is 1. The number of aromatic amines is 1. The van der Waals surface area contributed by atoms with Crippen molar-refractivity contribution >= 4 is 33.3 Å². The lowest BCUT2D eigenvalue weighted by Crippen LogP contribution is -2.15. The largest absolute Gasteiger partial charge is 0.394 e. The van der Waals surface area contributed by atoms with Crippen molar-refractivity contribution in [1.29, 1.82) is 0 Å². The zero-order chi connectivity index (χ0) is 13.1. The number of rotatable bonds is 3. The number of anilines is 2. The van der Waals surface area contributed by atoms with Crippen LogP contribution in [0.2, 0.25) is 0 Å². The highest BCUT2D eigenvalue weighted by Crippen LogP contribution is 2.18. The van der Waals surface area contributed by atoms with Gasteiger partial charge < -0.3 is 11.1 Å². The first kappa shape index (κ1) is 12.6. The van der Waals surface area contributed by atoms with E-state index < -0.39 is 0 Å². The molecular formula is C12H13BrN4O. The quantitative estimate of drug-likeness (QED) is 0.813. The van der Waals surface area contributed by atoms with Gasteiger partial charge in [0.05, 0.1) is 17.8 Å². The highest BCUT2D eigenvalue weighted by molar-refractivity contribution is 9.10. The van der Waals surface area contributed by atoms with E-state index in [-0.39, 0.29) is 12.3 Å². The molecule has 0 aliphatic heterocycles. The first-order valence-electron chi connectivity index (χ1n) is 5.41. The molecule has 4 N–H and O–H groups in total. The van der Waals surface area contributed by atoms with Gasteiger partial charge in [0.2, 0.25) is 5.91 Å². The summed E-state index contributed by atoms with van der Waals surface area (Å²) in [6, 6.07) is 7.60. The lowest BCUT2D eigenvalue weighted by Gasteiger charge is -2.03. The molecule has 0 bridgehead atoms. The predicted molar refractivity (Wildman–Crippen MR) is 74.2 cm³/mol. The Morgan fingerprint density at radius 3 is 2.94 bits per heavy atom. The Balaban J connectivity index is 2.03. The minimum absolute atomic E-state index is 0.147. The van der Waals surface area contributed by atoms with Crippen molar-refractivity contribution < 1.29 is 4.79 Å². The van der Waals surface area contributed by atoms with Gasteiger partial charge in [0.25, 0.3) is 0 Å². The third-order valence-electron chi connectivity index (χ3n) is 2.51. The summed E-state index contributed by atoms with van der Waals surface area (Å²) in [5, 5.41) is 9.32. The van der Waals surface area contributed by atoms with E-state index in [1.807, 2.05) is 24.3 Å². The van der Waals surface area contributed by atoms with E-state index in [1.165, 1.54) is 0 Å². The second-order valence-corrected chi connectivity index (χ2v) is 4.88. The van der Waals surface area contributed by atoms with E-state index in [2.05, 4.69) is 31.4 Å². The number of carbonyl (C=O) groups excluding carboxylic acids is 1. The summed E-state index contributed by atoms with van der Waals surface area (Å²) in [6.45, 7) is 1.80. The number of carbonyl (C=O) groups is 1. The summed E-state index contributed by atoms with van der Waals surface area (Å²) in [6.07, 6.45) is 0.283. The maximum Gasteiger partial charge on any atom is 0.230 e. The molecule has 1 aromatic carbocycles. The van der Waals surface area contributed by atoms with E-state index in [1.54, 1.807) is 6.92 Å². The van der Waals surface area contributed by atoms with Crippen LogP contribution in [0.4, 0.5) is 11.5 Å². The number of aromatic nitrogens is 2. The Kier molecular flexibility index (Phi) is 3.66. The normalized spacial score (nSPS) is 10.3. The third kappa shape index (κ3) is 2.89. The van der Waals surface area contributed by atoms with E-state index >= 15 is 0 Å². The van der Waals surface area contributed by atoms with Crippen molar-refractivity contribution in [2.45, 2.75) is 13.3 Å². The number of nitrogens with zero attached hydrogens (tertiary/aromatic N) is 1. The second-order valence-electron chi connectivity index (χ2n) is 3.97. The summed E-state index contributed by atoms with van der Waals surface area (Å²) in [7, 11) is 0. The van der Waals surface area contributed by atoms with E-state index in [4.69, 9.17) is 5.73 Å². The van der Waals surface area contributed by atoms with Gasteiger partial charge in [-0.05, 0) is 24.6 Å². The lowest BCUT2D eigenvalue weighted by atomic mass is 10.1. The highest BCUT2D eigenvalue weighted by Gasteiger charge is 2.10. The van der Waals surface area contributed by atoms with Crippen LogP contribution in [0.25, 0.3) is 0 Å². The molecule has 0 fully saturated rings. The molecule has 0 atom stereocenters. The van der Waals surface area contributed by atoms with Crippen molar-refractivity contribution in [1.82, 2.24) is 10.2 Å². The molecule has 0 unspecified atom stereocenters. The van der Waals surface area contributed by atoms with Gasteiger partial charge in [-0.1, -0.05) is 28.1 Å². The summed E-state index contributed by atoms with van der Waals surface area (Å²) in [5.41, 5.74) is 7.89. The van der Waals surface area contributed by atoms with E-state index in [0.29, 0.717) is 11.5 Å². The van der Waals surface area contributed by atoms with Gasteiger partial charge in [-0.25, -0.2) is 0 Å². The monoisotopic (exact) mass is 308 g/mol. The van der Waals surface area contributed by atoms with Crippen molar-refractivity contribution in [2.24, 2.45) is 0 Å². The first-order chi connectivity index (χ1) is 8.56. The van der Waals surface area contributed by atoms with Gasteiger partial charge in [-0.3, -0.25) is 9.89 Å². The van der Waals surface area contributed by atoms with Crippen LogP contribution in [0.5, 0.6) is 0 Å². The fraction of sp³-hybridized carbons (Fsp3) is 0.167. The standard InChI is InChI=1S/C12H13BrN4O/c1-7-11(14)12(17-16-7)15-10(18)6-8-3-2-4-9(13)5-8/h2-5H,6,14H2,1H3,(H2,15,16,17,18). The molecule has 0 spiro atoms. The van der Waals surface area contributed by atoms with Crippen LogP contribution in [0.3, 0.4) is 0 Å². The summed E-state index contributed by atoms with van der Waals surface area (Å²) < 4.78 is 0.947. The van der Waals surface area contributed by atoms with Gasteiger partial charge in [0.15, 0.2) is 5.82 Å².